The van der Waals surface area contributed by atoms with Crippen molar-refractivity contribution < 1.29 is 8.42 Å². The number of sulfonamides is 1. The number of hydrogen-bond acceptors (Lipinski definition) is 3. The Morgan fingerprint density at radius 3 is 2.42 bits per heavy atom. The van der Waals surface area contributed by atoms with E-state index in [2.05, 4.69) is 17.0 Å². The van der Waals surface area contributed by atoms with Crippen molar-refractivity contribution in [3.8, 4) is 0 Å². The first-order valence-electron chi connectivity index (χ1n) is 6.77. The van der Waals surface area contributed by atoms with Gasteiger partial charge >= 0.3 is 0 Å². The average molecular weight is 282 g/mol. The van der Waals surface area contributed by atoms with Crippen molar-refractivity contribution >= 4 is 21.4 Å². The predicted octanol–water partition coefficient (Wildman–Crippen LogP) is 3.05. The van der Waals surface area contributed by atoms with Gasteiger partial charge in [0.1, 0.15) is 0 Å². The lowest BCUT2D eigenvalue weighted by Crippen LogP contribution is -2.24. The van der Waals surface area contributed by atoms with Crippen LogP contribution < -0.4 is 10.0 Å². The van der Waals surface area contributed by atoms with E-state index in [0.717, 1.165) is 18.0 Å². The van der Waals surface area contributed by atoms with E-state index >= 15 is 0 Å². The van der Waals surface area contributed by atoms with E-state index in [9.17, 15) is 8.42 Å². The molecule has 4 nitrogen and oxygen atoms in total. The number of hydrogen-bond donors (Lipinski definition) is 2. The van der Waals surface area contributed by atoms with Crippen LogP contribution in [0.5, 0.6) is 0 Å². The van der Waals surface area contributed by atoms with Crippen molar-refractivity contribution in [1.82, 2.24) is 0 Å². The van der Waals surface area contributed by atoms with E-state index < -0.39 is 10.0 Å². The summed E-state index contributed by atoms with van der Waals surface area (Å²) in [4.78, 5) is 0. The topological polar surface area (TPSA) is 58.2 Å². The molecule has 1 aromatic rings. The van der Waals surface area contributed by atoms with Crippen molar-refractivity contribution in [3.05, 3.63) is 24.3 Å². The van der Waals surface area contributed by atoms with Crippen LogP contribution in [0.1, 0.15) is 32.6 Å². The van der Waals surface area contributed by atoms with Crippen molar-refractivity contribution in [1.29, 1.82) is 0 Å². The molecule has 0 radical (unpaired) electrons. The monoisotopic (exact) mass is 282 g/mol. The third-order valence-electron chi connectivity index (χ3n) is 3.54. The second-order valence-electron chi connectivity index (χ2n) is 5.50. The van der Waals surface area contributed by atoms with Gasteiger partial charge in [-0.1, -0.05) is 31.4 Å². The quantitative estimate of drug-likeness (QED) is 0.843. The zero-order chi connectivity index (χ0) is 13.9. The maximum absolute atomic E-state index is 11.3. The minimum Gasteiger partial charge on any atom is -0.381 e. The first kappa shape index (κ1) is 14.2. The van der Waals surface area contributed by atoms with Gasteiger partial charge in [0, 0.05) is 6.04 Å². The van der Waals surface area contributed by atoms with Crippen LogP contribution in [-0.4, -0.2) is 20.7 Å². The second-order valence-corrected chi connectivity index (χ2v) is 7.25. The molecule has 19 heavy (non-hydrogen) atoms. The number of rotatable bonds is 6. The number of para-hydroxylation sites is 2. The lowest BCUT2D eigenvalue weighted by atomic mass is 9.81. The summed E-state index contributed by atoms with van der Waals surface area (Å²) in [7, 11) is -3.24. The highest BCUT2D eigenvalue weighted by molar-refractivity contribution is 7.92. The molecule has 0 aliphatic heterocycles. The largest absolute Gasteiger partial charge is 0.381 e. The Bertz CT molecular complexity index is 524. The molecular weight excluding hydrogens is 260 g/mol. The van der Waals surface area contributed by atoms with Crippen LogP contribution in [0.4, 0.5) is 11.4 Å². The second kappa shape index (κ2) is 5.82. The molecule has 1 aliphatic rings. The van der Waals surface area contributed by atoms with Crippen molar-refractivity contribution in [2.45, 2.75) is 38.6 Å². The molecular formula is C14H22N2O2S. The summed E-state index contributed by atoms with van der Waals surface area (Å²) < 4.78 is 25.2. The van der Waals surface area contributed by atoms with Gasteiger partial charge in [-0.3, -0.25) is 4.72 Å². The lowest BCUT2D eigenvalue weighted by molar-refractivity contribution is 0.286. The highest BCUT2D eigenvalue weighted by atomic mass is 32.2. The van der Waals surface area contributed by atoms with Gasteiger partial charge in [0.25, 0.3) is 0 Å². The molecule has 0 bridgehead atoms. The van der Waals surface area contributed by atoms with Gasteiger partial charge in [0.05, 0.1) is 17.6 Å². The number of benzene rings is 1. The first-order valence-corrected chi connectivity index (χ1v) is 8.66. The molecule has 0 amide bonds. The maximum Gasteiger partial charge on any atom is 0.229 e. The zero-order valence-electron chi connectivity index (χ0n) is 11.5. The van der Waals surface area contributed by atoms with Gasteiger partial charge < -0.3 is 5.32 Å². The number of anilines is 2. The van der Waals surface area contributed by atoms with Gasteiger partial charge in [0.2, 0.25) is 10.0 Å². The first-order chi connectivity index (χ1) is 8.94. The van der Waals surface area contributed by atoms with Crippen LogP contribution >= 0.6 is 0 Å². The molecule has 0 saturated heterocycles. The molecule has 1 aromatic carbocycles. The Morgan fingerprint density at radius 1 is 1.26 bits per heavy atom. The van der Waals surface area contributed by atoms with Crippen LogP contribution in [0.15, 0.2) is 24.3 Å². The fraction of sp³-hybridized carbons (Fsp3) is 0.571. The Balaban J connectivity index is 2.02. The Kier molecular flexibility index (Phi) is 4.34. The van der Waals surface area contributed by atoms with E-state index in [4.69, 9.17) is 0 Å². The van der Waals surface area contributed by atoms with E-state index in [1.807, 2.05) is 18.2 Å². The van der Waals surface area contributed by atoms with Crippen LogP contribution in [0.25, 0.3) is 0 Å². The normalized spacial score (nSPS) is 17.6. The standard InChI is InChI=1S/C14H22N2O2S/c1-11(10-12-6-5-7-12)15-13-8-3-4-9-14(13)16-19(2,17)18/h3-4,8-9,11-12,15-16H,5-7,10H2,1-2H3. The lowest BCUT2D eigenvalue weighted by Gasteiger charge is -2.29. The van der Waals surface area contributed by atoms with Crippen LogP contribution in [-0.2, 0) is 10.0 Å². The highest BCUT2D eigenvalue weighted by Crippen LogP contribution is 2.32. The fourth-order valence-corrected chi connectivity index (χ4v) is 3.03. The Morgan fingerprint density at radius 2 is 1.89 bits per heavy atom. The summed E-state index contributed by atoms with van der Waals surface area (Å²) in [5, 5.41) is 3.41. The highest BCUT2D eigenvalue weighted by Gasteiger charge is 2.20. The summed E-state index contributed by atoms with van der Waals surface area (Å²) >= 11 is 0. The van der Waals surface area contributed by atoms with Crippen LogP contribution in [0.3, 0.4) is 0 Å². The van der Waals surface area contributed by atoms with Crippen molar-refractivity contribution in [2.75, 3.05) is 16.3 Å². The van der Waals surface area contributed by atoms with Gasteiger partial charge in [-0.15, -0.1) is 0 Å². The molecule has 106 valence electrons. The van der Waals surface area contributed by atoms with Gasteiger partial charge in [-0.05, 0) is 31.4 Å². The van der Waals surface area contributed by atoms with Gasteiger partial charge in [-0.25, -0.2) is 8.42 Å². The molecule has 2 rings (SSSR count). The molecule has 1 aliphatic carbocycles. The molecule has 1 saturated carbocycles. The predicted molar refractivity (Wildman–Crippen MR) is 80.0 cm³/mol. The maximum atomic E-state index is 11.3. The Labute approximate surface area is 115 Å². The van der Waals surface area contributed by atoms with Gasteiger partial charge in [-0.2, -0.15) is 0 Å². The van der Waals surface area contributed by atoms with Crippen LogP contribution in [0, 0.1) is 5.92 Å². The molecule has 1 unspecified atom stereocenters. The SMILES string of the molecule is CC(CC1CCC1)Nc1ccccc1NS(C)(=O)=O. The molecule has 5 heteroatoms. The fourth-order valence-electron chi connectivity index (χ4n) is 2.45. The van der Waals surface area contributed by atoms with E-state index in [1.165, 1.54) is 25.5 Å². The minimum atomic E-state index is -3.24. The molecule has 1 atom stereocenters. The molecule has 1 fully saturated rings. The van der Waals surface area contributed by atoms with E-state index in [1.54, 1.807) is 6.07 Å². The third-order valence-corrected chi connectivity index (χ3v) is 4.13. The zero-order valence-corrected chi connectivity index (χ0v) is 12.3. The smallest absolute Gasteiger partial charge is 0.229 e. The van der Waals surface area contributed by atoms with Gasteiger partial charge in [0.15, 0.2) is 0 Å². The summed E-state index contributed by atoms with van der Waals surface area (Å²) in [5.74, 6) is 0.831. The van der Waals surface area contributed by atoms with Crippen LogP contribution in [0.2, 0.25) is 0 Å². The molecule has 0 spiro atoms. The molecule has 0 aromatic heterocycles. The van der Waals surface area contributed by atoms with E-state index in [0.29, 0.717) is 11.7 Å². The summed E-state index contributed by atoms with van der Waals surface area (Å²) in [5.41, 5.74) is 1.46. The number of nitrogens with one attached hydrogen (secondary N) is 2. The summed E-state index contributed by atoms with van der Waals surface area (Å²) in [6, 6.07) is 7.78. The summed E-state index contributed by atoms with van der Waals surface area (Å²) in [6.07, 6.45) is 6.32. The minimum absolute atomic E-state index is 0.354. The average Bonchev–Trinajstić information content (AvgIpc) is 2.24. The summed E-state index contributed by atoms with van der Waals surface area (Å²) in [6.45, 7) is 2.15. The van der Waals surface area contributed by atoms with E-state index in [-0.39, 0.29) is 0 Å². The Hall–Kier alpha value is -1.23. The van der Waals surface area contributed by atoms with Crippen molar-refractivity contribution in [2.24, 2.45) is 5.92 Å². The molecule has 2 N–H and O–H groups in total. The molecule has 0 heterocycles. The third kappa shape index (κ3) is 4.42. The van der Waals surface area contributed by atoms with Crippen molar-refractivity contribution in [3.63, 3.8) is 0 Å².